The summed E-state index contributed by atoms with van der Waals surface area (Å²) in [5.74, 6) is 0.550. The van der Waals surface area contributed by atoms with Gasteiger partial charge in [-0.3, -0.25) is 0 Å². The molecule has 1 heterocycles. The minimum absolute atomic E-state index is 0.166. The molecule has 1 aliphatic carbocycles. The van der Waals surface area contributed by atoms with E-state index >= 15 is 0 Å². The highest BCUT2D eigenvalue weighted by molar-refractivity contribution is 6.31. The molecule has 0 saturated carbocycles. The summed E-state index contributed by atoms with van der Waals surface area (Å²) in [6.45, 7) is 2.42. The average molecular weight is 266 g/mol. The van der Waals surface area contributed by atoms with Crippen LogP contribution < -0.4 is 5.73 Å². The topological polar surface area (TPSA) is 35.2 Å². The van der Waals surface area contributed by atoms with E-state index in [9.17, 15) is 0 Å². The van der Waals surface area contributed by atoms with E-state index in [1.54, 1.807) is 0 Å². The van der Waals surface area contributed by atoms with Gasteiger partial charge in [0, 0.05) is 23.7 Å². The van der Waals surface area contributed by atoms with Crippen LogP contribution >= 0.6 is 11.6 Å². The third-order valence-electron chi connectivity index (χ3n) is 4.81. The number of hydrogen-bond acceptors (Lipinski definition) is 2. The molecule has 2 aliphatic rings. The van der Waals surface area contributed by atoms with E-state index in [-0.39, 0.29) is 5.41 Å². The normalized spacial score (nSPS) is 26.0. The highest BCUT2D eigenvalue weighted by Crippen LogP contribution is 2.50. The van der Waals surface area contributed by atoms with Gasteiger partial charge in [0.05, 0.1) is 0 Å². The average Bonchev–Trinajstić information content (AvgIpc) is 2.40. The Kier molecular flexibility index (Phi) is 3.35. The Morgan fingerprint density at radius 3 is 2.83 bits per heavy atom. The molecular weight excluding hydrogens is 246 g/mol. The third-order valence-corrected chi connectivity index (χ3v) is 5.13. The van der Waals surface area contributed by atoms with Crippen LogP contribution in [0.3, 0.4) is 0 Å². The van der Waals surface area contributed by atoms with Crippen molar-refractivity contribution in [3.8, 4) is 0 Å². The molecule has 1 atom stereocenters. The van der Waals surface area contributed by atoms with E-state index in [1.165, 1.54) is 17.5 Å². The summed E-state index contributed by atoms with van der Waals surface area (Å²) in [7, 11) is 0. The monoisotopic (exact) mass is 265 g/mol. The molecule has 18 heavy (non-hydrogen) atoms. The molecule has 98 valence electrons. The van der Waals surface area contributed by atoms with Crippen molar-refractivity contribution in [1.82, 2.24) is 0 Å². The maximum absolute atomic E-state index is 6.51. The maximum Gasteiger partial charge on any atom is 0.0474 e. The van der Waals surface area contributed by atoms with Crippen LogP contribution in [0.1, 0.15) is 30.4 Å². The fourth-order valence-corrected chi connectivity index (χ4v) is 4.26. The van der Waals surface area contributed by atoms with E-state index in [0.29, 0.717) is 5.92 Å². The summed E-state index contributed by atoms with van der Waals surface area (Å²) in [5, 5.41) is 0.924. The summed E-state index contributed by atoms with van der Waals surface area (Å²) in [6, 6.07) is 6.32. The van der Waals surface area contributed by atoms with E-state index in [1.807, 2.05) is 6.07 Å². The summed E-state index contributed by atoms with van der Waals surface area (Å²) in [5.41, 5.74) is 8.99. The van der Waals surface area contributed by atoms with Gasteiger partial charge >= 0.3 is 0 Å². The third kappa shape index (κ3) is 1.78. The van der Waals surface area contributed by atoms with E-state index in [4.69, 9.17) is 22.1 Å². The second-order valence-corrected chi connectivity index (χ2v) is 5.92. The maximum atomic E-state index is 6.51. The first-order valence-electron chi connectivity index (χ1n) is 6.83. The lowest BCUT2D eigenvalue weighted by atomic mass is 9.59. The summed E-state index contributed by atoms with van der Waals surface area (Å²) in [4.78, 5) is 0. The van der Waals surface area contributed by atoms with E-state index in [0.717, 1.165) is 44.0 Å². The van der Waals surface area contributed by atoms with Gasteiger partial charge in [-0.15, -0.1) is 0 Å². The van der Waals surface area contributed by atoms with Crippen LogP contribution in [0.15, 0.2) is 18.2 Å². The van der Waals surface area contributed by atoms with Crippen molar-refractivity contribution < 1.29 is 4.74 Å². The van der Waals surface area contributed by atoms with Gasteiger partial charge in [0.25, 0.3) is 0 Å². The second-order valence-electron chi connectivity index (χ2n) is 5.51. The number of ether oxygens (including phenoxy) is 1. The summed E-state index contributed by atoms with van der Waals surface area (Å²) in [6.07, 6.45) is 4.42. The van der Waals surface area contributed by atoms with E-state index < -0.39 is 0 Å². The van der Waals surface area contributed by atoms with Gasteiger partial charge in [0.1, 0.15) is 0 Å². The molecule has 1 saturated heterocycles. The first-order chi connectivity index (χ1) is 8.78. The Balaban J connectivity index is 2.13. The lowest BCUT2D eigenvalue weighted by Crippen LogP contribution is -2.47. The number of fused-ring (bicyclic) bond motifs is 2. The zero-order chi connectivity index (χ0) is 12.6. The molecule has 1 aromatic rings. The summed E-state index contributed by atoms with van der Waals surface area (Å²) >= 11 is 6.51. The quantitative estimate of drug-likeness (QED) is 0.847. The molecule has 2 nitrogen and oxygen atoms in total. The Morgan fingerprint density at radius 1 is 1.33 bits per heavy atom. The minimum atomic E-state index is 0.166. The molecular formula is C15H20ClNO. The number of benzene rings is 1. The Bertz CT molecular complexity index is 440. The largest absolute Gasteiger partial charge is 0.381 e. The molecule has 1 spiro atoms. The van der Waals surface area contributed by atoms with Crippen LogP contribution in [-0.2, 0) is 16.6 Å². The molecule has 1 aliphatic heterocycles. The standard InChI is InChI=1S/C15H20ClNO/c16-13-3-1-2-11-4-5-12(10-17)15(14(11)13)6-8-18-9-7-15/h1-3,12H,4-10,17H2. The Hall–Kier alpha value is -0.570. The smallest absolute Gasteiger partial charge is 0.0474 e. The van der Waals surface area contributed by atoms with Gasteiger partial charge in [0.2, 0.25) is 0 Å². The lowest BCUT2D eigenvalue weighted by molar-refractivity contribution is 0.0215. The highest BCUT2D eigenvalue weighted by Gasteiger charge is 2.45. The van der Waals surface area contributed by atoms with Crippen molar-refractivity contribution in [3.63, 3.8) is 0 Å². The number of rotatable bonds is 1. The van der Waals surface area contributed by atoms with Crippen molar-refractivity contribution in [2.24, 2.45) is 11.7 Å². The molecule has 3 rings (SSSR count). The number of halogens is 1. The molecule has 0 radical (unpaired) electrons. The molecule has 3 heteroatoms. The van der Waals surface area contributed by atoms with Gasteiger partial charge in [-0.25, -0.2) is 0 Å². The van der Waals surface area contributed by atoms with Gasteiger partial charge in [-0.1, -0.05) is 23.7 Å². The first kappa shape index (κ1) is 12.5. The van der Waals surface area contributed by atoms with Crippen molar-refractivity contribution in [2.75, 3.05) is 19.8 Å². The van der Waals surface area contributed by atoms with Crippen LogP contribution in [0.25, 0.3) is 0 Å². The van der Waals surface area contributed by atoms with Crippen molar-refractivity contribution >= 4 is 11.6 Å². The van der Waals surface area contributed by atoms with Crippen molar-refractivity contribution in [2.45, 2.75) is 31.1 Å². The molecule has 1 aromatic carbocycles. The first-order valence-corrected chi connectivity index (χ1v) is 7.21. The number of nitrogens with two attached hydrogens (primary N) is 1. The van der Waals surface area contributed by atoms with Crippen molar-refractivity contribution in [1.29, 1.82) is 0 Å². The fourth-order valence-electron chi connectivity index (χ4n) is 3.88. The molecule has 0 aromatic heterocycles. The van der Waals surface area contributed by atoms with Crippen LogP contribution in [0.2, 0.25) is 5.02 Å². The zero-order valence-electron chi connectivity index (χ0n) is 10.6. The van der Waals surface area contributed by atoms with Gasteiger partial charge in [0.15, 0.2) is 0 Å². The van der Waals surface area contributed by atoms with Crippen LogP contribution in [0.5, 0.6) is 0 Å². The van der Waals surface area contributed by atoms with Gasteiger partial charge in [-0.2, -0.15) is 0 Å². The molecule has 1 fully saturated rings. The number of aryl methyl sites for hydroxylation is 1. The molecule has 2 N–H and O–H groups in total. The van der Waals surface area contributed by atoms with Crippen LogP contribution in [0.4, 0.5) is 0 Å². The van der Waals surface area contributed by atoms with Gasteiger partial charge in [-0.05, 0) is 55.3 Å². The van der Waals surface area contributed by atoms with E-state index in [2.05, 4.69) is 12.1 Å². The fraction of sp³-hybridized carbons (Fsp3) is 0.600. The lowest BCUT2D eigenvalue weighted by Gasteiger charge is -2.48. The van der Waals surface area contributed by atoms with Gasteiger partial charge < -0.3 is 10.5 Å². The zero-order valence-corrected chi connectivity index (χ0v) is 11.4. The SMILES string of the molecule is NCC1CCc2cccc(Cl)c2C12CCOCC2. The van der Waals surface area contributed by atoms with Crippen LogP contribution in [0, 0.1) is 5.92 Å². The predicted octanol–water partition coefficient (Wildman–Crippen LogP) is 2.91. The Morgan fingerprint density at radius 2 is 2.11 bits per heavy atom. The number of hydrogen-bond donors (Lipinski definition) is 1. The summed E-state index contributed by atoms with van der Waals surface area (Å²) < 4.78 is 5.56. The van der Waals surface area contributed by atoms with Crippen molar-refractivity contribution in [3.05, 3.63) is 34.3 Å². The second kappa shape index (κ2) is 4.84. The Labute approximate surface area is 113 Å². The predicted molar refractivity (Wildman–Crippen MR) is 74.0 cm³/mol. The van der Waals surface area contributed by atoms with Crippen LogP contribution in [-0.4, -0.2) is 19.8 Å². The molecule has 1 unspecified atom stereocenters. The minimum Gasteiger partial charge on any atom is -0.381 e. The molecule has 0 bridgehead atoms. The highest BCUT2D eigenvalue weighted by atomic mass is 35.5. The molecule has 0 amide bonds.